The van der Waals surface area contributed by atoms with Crippen LogP contribution in [0.15, 0.2) is 23.5 Å². The van der Waals surface area contributed by atoms with Gasteiger partial charge in [0.15, 0.2) is 5.82 Å². The molecule has 0 fully saturated rings. The monoisotopic (exact) mass is 300 g/mol. The predicted octanol–water partition coefficient (Wildman–Crippen LogP) is 1.99. The van der Waals surface area contributed by atoms with E-state index in [4.69, 9.17) is 10.7 Å². The lowest BCUT2D eigenvalue weighted by molar-refractivity contribution is 0.570. The lowest BCUT2D eigenvalue weighted by atomic mass is 10.2. The minimum absolute atomic E-state index is 0.228. The zero-order valence-corrected chi connectivity index (χ0v) is 12.1. The van der Waals surface area contributed by atoms with Gasteiger partial charge < -0.3 is 0 Å². The molecule has 0 bridgehead atoms. The van der Waals surface area contributed by atoms with Crippen molar-refractivity contribution < 1.29 is 8.42 Å². The molecule has 0 unspecified atom stereocenters. The molecule has 0 saturated carbocycles. The van der Waals surface area contributed by atoms with E-state index in [9.17, 15) is 8.42 Å². The van der Waals surface area contributed by atoms with Crippen LogP contribution in [0.1, 0.15) is 19.0 Å². The molecule has 2 aromatic rings. The number of hydrogen-bond donors (Lipinski definition) is 0. The van der Waals surface area contributed by atoms with Gasteiger partial charge in [-0.25, -0.2) is 8.42 Å². The summed E-state index contributed by atoms with van der Waals surface area (Å²) in [6.07, 6.45) is 2.41. The summed E-state index contributed by atoms with van der Waals surface area (Å²) in [6.45, 7) is 4.23. The van der Waals surface area contributed by atoms with Crippen molar-refractivity contribution in [1.82, 2.24) is 19.7 Å². The average Bonchev–Trinajstić information content (AvgIpc) is 2.74. The van der Waals surface area contributed by atoms with Crippen molar-refractivity contribution in [2.75, 3.05) is 0 Å². The highest BCUT2D eigenvalue weighted by Crippen LogP contribution is 2.24. The Kier molecular flexibility index (Phi) is 3.86. The van der Waals surface area contributed by atoms with Gasteiger partial charge in [-0.05, 0) is 25.5 Å². The number of hydrogen-bond acceptors (Lipinski definition) is 5. The summed E-state index contributed by atoms with van der Waals surface area (Å²) in [5.41, 5.74) is 1.50. The van der Waals surface area contributed by atoms with Crippen molar-refractivity contribution in [2.24, 2.45) is 0 Å². The summed E-state index contributed by atoms with van der Waals surface area (Å²) in [4.78, 5) is 4.16. The quantitative estimate of drug-likeness (QED) is 0.807. The van der Waals surface area contributed by atoms with Crippen LogP contribution in [0.25, 0.3) is 11.4 Å². The Balaban J connectivity index is 2.66. The highest BCUT2D eigenvalue weighted by Gasteiger charge is 2.23. The Hall–Kier alpha value is -1.47. The second-order valence-electron chi connectivity index (χ2n) is 4.03. The summed E-state index contributed by atoms with van der Waals surface area (Å²) in [7, 11) is 1.46. The zero-order chi connectivity index (χ0) is 14.0. The molecule has 0 aliphatic heterocycles. The van der Waals surface area contributed by atoms with Crippen LogP contribution in [-0.4, -0.2) is 28.2 Å². The molecule has 0 atom stereocenters. The first-order chi connectivity index (χ1) is 8.95. The lowest BCUT2D eigenvalue weighted by Crippen LogP contribution is -2.08. The van der Waals surface area contributed by atoms with E-state index >= 15 is 0 Å². The van der Waals surface area contributed by atoms with Crippen LogP contribution < -0.4 is 0 Å². The van der Waals surface area contributed by atoms with Crippen molar-refractivity contribution in [1.29, 1.82) is 0 Å². The van der Waals surface area contributed by atoms with Gasteiger partial charge in [0.1, 0.15) is 0 Å². The summed E-state index contributed by atoms with van der Waals surface area (Å²) < 4.78 is 24.5. The van der Waals surface area contributed by atoms with Gasteiger partial charge >= 0.3 is 0 Å². The zero-order valence-electron chi connectivity index (χ0n) is 10.5. The maximum absolute atomic E-state index is 11.5. The molecule has 0 aromatic carbocycles. The van der Waals surface area contributed by atoms with E-state index in [-0.39, 0.29) is 5.16 Å². The fraction of sp³-hybridized carbons (Fsp3) is 0.364. The molecule has 102 valence electrons. The Morgan fingerprint density at radius 2 is 2.11 bits per heavy atom. The van der Waals surface area contributed by atoms with E-state index in [0.29, 0.717) is 12.4 Å². The predicted molar refractivity (Wildman–Crippen MR) is 71.3 cm³/mol. The third kappa shape index (κ3) is 2.76. The van der Waals surface area contributed by atoms with Crippen LogP contribution in [0.2, 0.25) is 0 Å². The van der Waals surface area contributed by atoms with Gasteiger partial charge in [-0.3, -0.25) is 9.55 Å². The highest BCUT2D eigenvalue weighted by molar-refractivity contribution is 8.13. The Morgan fingerprint density at radius 1 is 1.37 bits per heavy atom. The van der Waals surface area contributed by atoms with Crippen molar-refractivity contribution in [2.45, 2.75) is 32.0 Å². The van der Waals surface area contributed by atoms with Gasteiger partial charge in [-0.15, -0.1) is 10.2 Å². The Morgan fingerprint density at radius 3 is 2.68 bits per heavy atom. The largest absolute Gasteiger partial charge is 0.297 e. The van der Waals surface area contributed by atoms with Gasteiger partial charge in [0.2, 0.25) is 0 Å². The van der Waals surface area contributed by atoms with Crippen LogP contribution in [0.4, 0.5) is 0 Å². The Labute approximate surface area is 115 Å². The summed E-state index contributed by atoms with van der Waals surface area (Å²) in [5.74, 6) is 0.465. The molecule has 0 radical (unpaired) electrons. The van der Waals surface area contributed by atoms with Gasteiger partial charge in [0.25, 0.3) is 14.2 Å². The molecule has 19 heavy (non-hydrogen) atoms. The molecule has 6 nitrogen and oxygen atoms in total. The summed E-state index contributed by atoms with van der Waals surface area (Å²) >= 11 is 0. The number of halogens is 1. The third-order valence-corrected chi connectivity index (χ3v) is 3.78. The normalized spacial score (nSPS) is 11.7. The van der Waals surface area contributed by atoms with Crippen molar-refractivity contribution >= 4 is 19.7 Å². The first kappa shape index (κ1) is 14.0. The molecule has 2 rings (SSSR count). The number of aromatic nitrogens is 4. The molecule has 0 amide bonds. The molecule has 0 saturated heterocycles. The van der Waals surface area contributed by atoms with Gasteiger partial charge in [0, 0.05) is 34.7 Å². The fourth-order valence-electron chi connectivity index (χ4n) is 1.81. The molecule has 0 spiro atoms. The summed E-state index contributed by atoms with van der Waals surface area (Å²) in [5, 5.41) is 7.40. The molecule has 2 aromatic heterocycles. The maximum Gasteiger partial charge on any atom is 0.296 e. The standard InChI is InChI=1S/C11H13ClN4O2S/c1-3-7-16-10(9-5-4-6-13-8(9)2)14-15-11(16)19(12,17)18/h4-6H,3,7H2,1-2H3. The first-order valence-electron chi connectivity index (χ1n) is 5.75. The molecule has 0 N–H and O–H groups in total. The van der Waals surface area contributed by atoms with Crippen LogP contribution in [0.5, 0.6) is 0 Å². The third-order valence-electron chi connectivity index (χ3n) is 2.63. The highest BCUT2D eigenvalue weighted by atomic mass is 35.7. The average molecular weight is 301 g/mol. The van der Waals surface area contributed by atoms with Crippen LogP contribution in [-0.2, 0) is 15.6 Å². The van der Waals surface area contributed by atoms with Crippen LogP contribution in [0.3, 0.4) is 0 Å². The maximum atomic E-state index is 11.5. The van der Waals surface area contributed by atoms with Crippen molar-refractivity contribution in [3.63, 3.8) is 0 Å². The van der Waals surface area contributed by atoms with E-state index < -0.39 is 9.05 Å². The Bertz CT molecular complexity index is 696. The minimum atomic E-state index is -3.91. The van der Waals surface area contributed by atoms with E-state index in [2.05, 4.69) is 15.2 Å². The van der Waals surface area contributed by atoms with Gasteiger partial charge in [-0.2, -0.15) is 0 Å². The summed E-state index contributed by atoms with van der Waals surface area (Å²) in [6, 6.07) is 3.59. The number of rotatable bonds is 4. The van der Waals surface area contributed by atoms with E-state index in [1.807, 2.05) is 19.9 Å². The van der Waals surface area contributed by atoms with Gasteiger partial charge in [-0.1, -0.05) is 6.92 Å². The van der Waals surface area contributed by atoms with Crippen LogP contribution >= 0.6 is 10.7 Å². The smallest absolute Gasteiger partial charge is 0.296 e. The fourth-order valence-corrected chi connectivity index (χ4v) is 2.74. The van der Waals surface area contributed by atoms with E-state index in [1.165, 1.54) is 4.57 Å². The number of nitrogens with zero attached hydrogens (tertiary/aromatic N) is 4. The number of pyridine rings is 1. The molecular formula is C11H13ClN4O2S. The second-order valence-corrected chi connectivity index (χ2v) is 6.49. The van der Waals surface area contributed by atoms with Crippen LogP contribution in [0, 0.1) is 6.92 Å². The van der Waals surface area contributed by atoms with Crippen molar-refractivity contribution in [3.8, 4) is 11.4 Å². The van der Waals surface area contributed by atoms with E-state index in [0.717, 1.165) is 17.7 Å². The molecule has 0 aliphatic rings. The first-order valence-corrected chi connectivity index (χ1v) is 8.06. The van der Waals surface area contributed by atoms with Crippen molar-refractivity contribution in [3.05, 3.63) is 24.0 Å². The molecule has 2 heterocycles. The van der Waals surface area contributed by atoms with E-state index in [1.54, 1.807) is 12.3 Å². The van der Waals surface area contributed by atoms with Gasteiger partial charge in [0.05, 0.1) is 0 Å². The molecule has 8 heteroatoms. The topological polar surface area (TPSA) is 77.7 Å². The number of aryl methyl sites for hydroxylation is 1. The minimum Gasteiger partial charge on any atom is -0.297 e. The molecular weight excluding hydrogens is 288 g/mol. The molecule has 0 aliphatic carbocycles. The SMILES string of the molecule is CCCn1c(-c2cccnc2C)nnc1S(=O)(=O)Cl. The second kappa shape index (κ2) is 5.26. The lowest BCUT2D eigenvalue weighted by Gasteiger charge is -2.08.